The zero-order valence-electron chi connectivity index (χ0n) is 11.5. The van der Waals surface area contributed by atoms with Gasteiger partial charge in [0.25, 0.3) is 0 Å². The average molecular weight is 285 g/mol. The van der Waals surface area contributed by atoms with Crippen LogP contribution in [0.1, 0.15) is 5.69 Å². The van der Waals surface area contributed by atoms with Crippen molar-refractivity contribution in [2.45, 2.75) is 0 Å². The van der Waals surface area contributed by atoms with Crippen LogP contribution in [-0.4, -0.2) is 20.4 Å². The molecule has 0 unspecified atom stereocenters. The summed E-state index contributed by atoms with van der Waals surface area (Å²) >= 11 is 0. The van der Waals surface area contributed by atoms with Crippen molar-refractivity contribution in [3.63, 3.8) is 0 Å². The Kier molecular flexibility index (Phi) is 2.73. The van der Waals surface area contributed by atoms with Crippen molar-refractivity contribution in [1.82, 2.24) is 20.4 Å². The predicted molar refractivity (Wildman–Crippen MR) is 83.8 cm³/mol. The van der Waals surface area contributed by atoms with Crippen molar-refractivity contribution in [1.29, 1.82) is 5.26 Å². The Labute approximate surface area is 126 Å². The molecule has 2 heterocycles. The first kappa shape index (κ1) is 12.4. The van der Waals surface area contributed by atoms with E-state index in [0.29, 0.717) is 11.4 Å². The molecule has 2 aromatic carbocycles. The Morgan fingerprint density at radius 1 is 0.909 bits per heavy atom. The predicted octanol–water partition coefficient (Wildman–Crippen LogP) is 3.49. The maximum absolute atomic E-state index is 9.26. The Bertz CT molecular complexity index is 989. The lowest BCUT2D eigenvalue weighted by Crippen LogP contribution is -1.86. The van der Waals surface area contributed by atoms with E-state index in [9.17, 15) is 5.26 Å². The zero-order chi connectivity index (χ0) is 14.9. The lowest BCUT2D eigenvalue weighted by Gasteiger charge is -2.02. The molecule has 0 bridgehead atoms. The zero-order valence-corrected chi connectivity index (χ0v) is 11.5. The Hall–Kier alpha value is -3.39. The minimum atomic E-state index is 0.293. The summed E-state index contributed by atoms with van der Waals surface area (Å²) in [4.78, 5) is 3.43. The average Bonchev–Trinajstić information content (AvgIpc) is 3.19. The molecule has 0 spiro atoms. The number of hydrogen-bond acceptors (Lipinski definition) is 3. The second-order valence-corrected chi connectivity index (χ2v) is 4.92. The van der Waals surface area contributed by atoms with Gasteiger partial charge in [-0.2, -0.15) is 15.6 Å². The third-order valence-electron chi connectivity index (χ3n) is 3.66. The molecule has 5 heteroatoms. The molecule has 0 aliphatic heterocycles. The number of H-pyrrole nitrogens is 2. The molecule has 0 atom stereocenters. The van der Waals surface area contributed by atoms with Gasteiger partial charge in [-0.1, -0.05) is 48.5 Å². The van der Waals surface area contributed by atoms with Gasteiger partial charge in [-0.25, -0.2) is 0 Å². The largest absolute Gasteiger partial charge is 0.354 e. The molecular weight excluding hydrogens is 274 g/mol. The summed E-state index contributed by atoms with van der Waals surface area (Å²) in [6.45, 7) is 0. The number of nitriles is 1. The van der Waals surface area contributed by atoms with Gasteiger partial charge in [-0.3, -0.25) is 0 Å². The van der Waals surface area contributed by atoms with Crippen molar-refractivity contribution < 1.29 is 0 Å². The smallest absolute Gasteiger partial charge is 0.190 e. The SMILES string of the molecule is N#Cc1n[nH]nc1-c1c(-c2ccccc2)[nH]c2ccccc12. The summed E-state index contributed by atoms with van der Waals surface area (Å²) in [6.07, 6.45) is 0. The van der Waals surface area contributed by atoms with Gasteiger partial charge in [0.2, 0.25) is 0 Å². The van der Waals surface area contributed by atoms with Crippen LogP contribution >= 0.6 is 0 Å². The highest BCUT2D eigenvalue weighted by Crippen LogP contribution is 2.37. The molecule has 5 nitrogen and oxygen atoms in total. The quantitative estimate of drug-likeness (QED) is 0.591. The number of rotatable bonds is 2. The van der Waals surface area contributed by atoms with E-state index in [-0.39, 0.29) is 0 Å². The van der Waals surface area contributed by atoms with E-state index in [1.807, 2.05) is 54.6 Å². The number of aromatic nitrogens is 4. The van der Waals surface area contributed by atoms with Gasteiger partial charge in [0.15, 0.2) is 5.69 Å². The first-order valence-electron chi connectivity index (χ1n) is 6.86. The fraction of sp³-hybridized carbons (Fsp3) is 0. The lowest BCUT2D eigenvalue weighted by molar-refractivity contribution is 0.937. The third-order valence-corrected chi connectivity index (χ3v) is 3.66. The van der Waals surface area contributed by atoms with Crippen molar-refractivity contribution in [3.05, 3.63) is 60.3 Å². The Morgan fingerprint density at radius 2 is 1.68 bits per heavy atom. The molecule has 0 saturated heterocycles. The molecule has 22 heavy (non-hydrogen) atoms. The molecule has 0 radical (unpaired) electrons. The van der Waals surface area contributed by atoms with Crippen LogP contribution in [-0.2, 0) is 0 Å². The van der Waals surface area contributed by atoms with Gasteiger partial charge >= 0.3 is 0 Å². The summed E-state index contributed by atoms with van der Waals surface area (Å²) in [7, 11) is 0. The van der Waals surface area contributed by atoms with Gasteiger partial charge in [0.05, 0.1) is 5.69 Å². The first-order valence-corrected chi connectivity index (χ1v) is 6.86. The maximum Gasteiger partial charge on any atom is 0.190 e. The highest BCUT2D eigenvalue weighted by atomic mass is 15.3. The molecule has 2 N–H and O–H groups in total. The lowest BCUT2D eigenvalue weighted by atomic mass is 10.0. The minimum absolute atomic E-state index is 0.293. The van der Waals surface area contributed by atoms with Crippen LogP contribution in [0.4, 0.5) is 0 Å². The second-order valence-electron chi connectivity index (χ2n) is 4.92. The maximum atomic E-state index is 9.26. The van der Waals surface area contributed by atoms with Crippen LogP contribution < -0.4 is 0 Å². The van der Waals surface area contributed by atoms with Gasteiger partial charge < -0.3 is 4.98 Å². The molecule has 0 saturated carbocycles. The topological polar surface area (TPSA) is 81.2 Å². The van der Waals surface area contributed by atoms with Crippen LogP contribution in [0.2, 0.25) is 0 Å². The van der Waals surface area contributed by atoms with E-state index in [2.05, 4.69) is 26.5 Å². The number of benzene rings is 2. The molecule has 0 amide bonds. The number of nitrogens with one attached hydrogen (secondary N) is 2. The van der Waals surface area contributed by atoms with E-state index >= 15 is 0 Å². The second kappa shape index (κ2) is 4.86. The van der Waals surface area contributed by atoms with Crippen LogP contribution in [0.15, 0.2) is 54.6 Å². The van der Waals surface area contributed by atoms with Crippen LogP contribution in [0.3, 0.4) is 0 Å². The minimum Gasteiger partial charge on any atom is -0.354 e. The standard InChI is InChI=1S/C17H11N5/c18-10-14-17(21-22-20-14)15-12-8-4-5-9-13(12)19-16(15)11-6-2-1-3-7-11/h1-9,19H,(H,20,21,22). The van der Waals surface area contributed by atoms with Crippen LogP contribution in [0.5, 0.6) is 0 Å². The fourth-order valence-electron chi connectivity index (χ4n) is 2.69. The third kappa shape index (κ3) is 1.79. The highest BCUT2D eigenvalue weighted by molar-refractivity contribution is 6.03. The van der Waals surface area contributed by atoms with E-state index < -0.39 is 0 Å². The number of aromatic amines is 2. The van der Waals surface area contributed by atoms with E-state index in [0.717, 1.165) is 27.7 Å². The molecular formula is C17H11N5. The Balaban J connectivity index is 2.10. The number of nitrogens with zero attached hydrogens (tertiary/aromatic N) is 3. The van der Waals surface area contributed by atoms with Crippen LogP contribution in [0, 0.1) is 11.3 Å². The van der Waals surface area contributed by atoms with E-state index in [1.54, 1.807) is 0 Å². The van der Waals surface area contributed by atoms with Crippen LogP contribution in [0.25, 0.3) is 33.4 Å². The van der Waals surface area contributed by atoms with Gasteiger partial charge in [-0.05, 0) is 11.6 Å². The first-order chi connectivity index (χ1) is 10.9. The summed E-state index contributed by atoms with van der Waals surface area (Å²) in [5, 5.41) is 20.9. The monoisotopic (exact) mass is 285 g/mol. The summed E-state index contributed by atoms with van der Waals surface area (Å²) < 4.78 is 0. The molecule has 0 aliphatic rings. The van der Waals surface area contributed by atoms with E-state index in [4.69, 9.17) is 0 Å². The molecule has 0 fully saturated rings. The van der Waals surface area contributed by atoms with Gasteiger partial charge in [0.1, 0.15) is 11.8 Å². The van der Waals surface area contributed by atoms with Crippen molar-refractivity contribution in [3.8, 4) is 28.6 Å². The molecule has 104 valence electrons. The number of fused-ring (bicyclic) bond motifs is 1. The fourth-order valence-corrected chi connectivity index (χ4v) is 2.69. The van der Waals surface area contributed by atoms with Crippen molar-refractivity contribution in [2.75, 3.05) is 0 Å². The Morgan fingerprint density at radius 3 is 2.50 bits per heavy atom. The van der Waals surface area contributed by atoms with Gasteiger partial charge in [-0.15, -0.1) is 5.10 Å². The van der Waals surface area contributed by atoms with E-state index in [1.165, 1.54) is 0 Å². The summed E-state index contributed by atoms with van der Waals surface area (Å²) in [5.41, 5.74) is 4.74. The molecule has 2 aromatic heterocycles. The highest BCUT2D eigenvalue weighted by Gasteiger charge is 2.20. The van der Waals surface area contributed by atoms with Gasteiger partial charge in [0, 0.05) is 16.5 Å². The van der Waals surface area contributed by atoms with Crippen molar-refractivity contribution in [2.24, 2.45) is 0 Å². The normalized spacial score (nSPS) is 10.7. The number of hydrogen-bond donors (Lipinski definition) is 2. The van der Waals surface area contributed by atoms with Crippen molar-refractivity contribution >= 4 is 10.9 Å². The molecule has 4 aromatic rings. The number of para-hydroxylation sites is 1. The molecule has 0 aliphatic carbocycles. The summed E-state index contributed by atoms with van der Waals surface area (Å²) in [5.74, 6) is 0. The summed E-state index contributed by atoms with van der Waals surface area (Å²) in [6, 6.07) is 20.1. The molecule has 4 rings (SSSR count).